The summed E-state index contributed by atoms with van der Waals surface area (Å²) < 4.78 is 12.4. The Morgan fingerprint density at radius 3 is 3.04 bits per heavy atom. The third-order valence-electron chi connectivity index (χ3n) is 4.89. The van der Waals surface area contributed by atoms with Crippen LogP contribution in [0, 0.1) is 0 Å². The Kier molecular flexibility index (Phi) is 3.67. The van der Waals surface area contributed by atoms with Crippen molar-refractivity contribution >= 4 is 40.0 Å². The van der Waals surface area contributed by atoms with Crippen molar-refractivity contribution in [3.63, 3.8) is 0 Å². The average molecular weight is 396 g/mol. The molecule has 8 heteroatoms. The smallest absolute Gasteiger partial charge is 0.341 e. The second-order valence-electron chi connectivity index (χ2n) is 6.62. The molecule has 1 aliphatic heterocycles. The zero-order valence-electron chi connectivity index (χ0n) is 14.8. The van der Waals surface area contributed by atoms with Crippen LogP contribution in [0.15, 0.2) is 47.1 Å². The van der Waals surface area contributed by atoms with Gasteiger partial charge in [-0.3, -0.25) is 4.79 Å². The molecule has 140 valence electrons. The molecule has 7 nitrogen and oxygen atoms in total. The molecule has 0 N–H and O–H groups in total. The molecule has 1 amide bonds. The summed E-state index contributed by atoms with van der Waals surface area (Å²) in [5, 5.41) is 5.34. The van der Waals surface area contributed by atoms with Gasteiger partial charge in [0.2, 0.25) is 0 Å². The molecule has 4 aromatic rings. The van der Waals surface area contributed by atoms with Crippen molar-refractivity contribution in [1.82, 2.24) is 14.5 Å². The van der Waals surface area contributed by atoms with Crippen molar-refractivity contribution in [2.24, 2.45) is 0 Å². The highest BCUT2D eigenvalue weighted by Gasteiger charge is 2.28. The lowest BCUT2D eigenvalue weighted by Gasteiger charge is -2.25. The summed E-state index contributed by atoms with van der Waals surface area (Å²) in [6.45, 7) is 0.709. The first-order valence-corrected chi connectivity index (χ1v) is 8.98. The van der Waals surface area contributed by atoms with Gasteiger partial charge in [-0.2, -0.15) is 5.10 Å². The van der Waals surface area contributed by atoms with E-state index < -0.39 is 5.97 Å². The molecule has 5 rings (SSSR count). The summed E-state index contributed by atoms with van der Waals surface area (Å²) in [5.41, 5.74) is 3.07. The normalized spacial score (nSPS) is 13.5. The largest absolute Gasteiger partial charge is 0.465 e. The number of methoxy groups -OCH3 is 1. The SMILES string of the molecule is COC(=O)c1cc(Cl)cc2cc(CN3Cc4cccn5ncc(c45)C3=O)oc12. The summed E-state index contributed by atoms with van der Waals surface area (Å²) >= 11 is 6.11. The highest BCUT2D eigenvalue weighted by atomic mass is 35.5. The minimum Gasteiger partial charge on any atom is -0.465 e. The lowest BCUT2D eigenvalue weighted by molar-refractivity contribution is 0.0600. The topological polar surface area (TPSA) is 77.1 Å². The number of fused-ring (bicyclic) bond motifs is 1. The predicted molar refractivity (Wildman–Crippen MR) is 101 cm³/mol. The number of esters is 1. The Morgan fingerprint density at radius 1 is 1.36 bits per heavy atom. The number of ether oxygens (including phenoxy) is 1. The Balaban J connectivity index is 1.52. The van der Waals surface area contributed by atoms with Crippen LogP contribution < -0.4 is 0 Å². The number of carbonyl (C=O) groups excluding carboxylic acids is 2. The number of rotatable bonds is 3. The van der Waals surface area contributed by atoms with Crippen LogP contribution in [0.3, 0.4) is 0 Å². The highest BCUT2D eigenvalue weighted by Crippen LogP contribution is 2.31. The van der Waals surface area contributed by atoms with Crippen molar-refractivity contribution in [1.29, 1.82) is 0 Å². The zero-order chi connectivity index (χ0) is 19.4. The maximum absolute atomic E-state index is 12.9. The fourth-order valence-electron chi connectivity index (χ4n) is 3.67. The minimum absolute atomic E-state index is 0.111. The van der Waals surface area contributed by atoms with Gasteiger partial charge in [-0.05, 0) is 29.8 Å². The quantitative estimate of drug-likeness (QED) is 0.494. The first-order chi connectivity index (χ1) is 13.5. The number of aromatic nitrogens is 2. The van der Waals surface area contributed by atoms with Gasteiger partial charge in [0.1, 0.15) is 16.9 Å². The van der Waals surface area contributed by atoms with Gasteiger partial charge in [-0.25, -0.2) is 9.31 Å². The standard InChI is InChI=1S/C20H14ClN3O4/c1-27-20(26)15-7-13(21)5-12-6-14(28-18(12)15)10-23-9-11-3-2-4-24-17(11)16(8-22-24)19(23)25/h2-8H,9-10H2,1H3. The number of amides is 1. The van der Waals surface area contributed by atoms with Gasteiger partial charge in [0.05, 0.1) is 30.9 Å². The van der Waals surface area contributed by atoms with E-state index in [1.165, 1.54) is 13.2 Å². The van der Waals surface area contributed by atoms with Crippen LogP contribution in [0.5, 0.6) is 0 Å². The van der Waals surface area contributed by atoms with E-state index in [1.54, 1.807) is 27.7 Å². The number of pyridine rings is 1. The minimum atomic E-state index is -0.529. The zero-order valence-corrected chi connectivity index (χ0v) is 15.6. The van der Waals surface area contributed by atoms with Crippen molar-refractivity contribution in [2.45, 2.75) is 13.1 Å². The number of benzene rings is 1. The van der Waals surface area contributed by atoms with Gasteiger partial charge in [0, 0.05) is 23.2 Å². The van der Waals surface area contributed by atoms with Gasteiger partial charge < -0.3 is 14.1 Å². The van der Waals surface area contributed by atoms with Crippen molar-refractivity contribution in [2.75, 3.05) is 7.11 Å². The van der Waals surface area contributed by atoms with Crippen LogP contribution >= 0.6 is 11.6 Å². The number of furan rings is 1. The predicted octanol–water partition coefficient (Wildman–Crippen LogP) is 3.68. The number of hydrogen-bond acceptors (Lipinski definition) is 5. The first kappa shape index (κ1) is 16.8. The number of carbonyl (C=O) groups is 2. The van der Waals surface area contributed by atoms with E-state index in [9.17, 15) is 9.59 Å². The lowest BCUT2D eigenvalue weighted by atomic mass is 10.1. The van der Waals surface area contributed by atoms with Crippen LogP contribution in [-0.4, -0.2) is 33.5 Å². The fraction of sp³-hybridized carbons (Fsp3) is 0.150. The summed E-state index contributed by atoms with van der Waals surface area (Å²) in [6, 6.07) is 8.89. The van der Waals surface area contributed by atoms with Gasteiger partial charge in [-0.15, -0.1) is 0 Å². The summed E-state index contributed by atoms with van der Waals surface area (Å²) in [6.07, 6.45) is 3.41. The van der Waals surface area contributed by atoms with Crippen LogP contribution in [0.25, 0.3) is 16.5 Å². The number of halogens is 1. The van der Waals surface area contributed by atoms with Crippen LogP contribution in [0.1, 0.15) is 32.0 Å². The molecule has 0 aliphatic carbocycles. The maximum Gasteiger partial charge on any atom is 0.341 e. The summed E-state index contributed by atoms with van der Waals surface area (Å²) in [5.74, 6) is -0.0856. The van der Waals surface area contributed by atoms with E-state index in [4.69, 9.17) is 20.8 Å². The lowest BCUT2D eigenvalue weighted by Crippen LogP contribution is -2.33. The first-order valence-electron chi connectivity index (χ1n) is 8.60. The van der Waals surface area contributed by atoms with Gasteiger partial charge in [0.25, 0.3) is 5.91 Å². The fourth-order valence-corrected chi connectivity index (χ4v) is 3.90. The second kappa shape index (κ2) is 6.10. The molecule has 3 aromatic heterocycles. The molecule has 1 aliphatic rings. The van der Waals surface area contributed by atoms with E-state index in [0.29, 0.717) is 33.9 Å². The second-order valence-corrected chi connectivity index (χ2v) is 7.06. The average Bonchev–Trinajstić information content (AvgIpc) is 3.29. The molecule has 0 fully saturated rings. The van der Waals surface area contributed by atoms with Crippen molar-refractivity contribution in [3.8, 4) is 0 Å². The molecule has 0 saturated carbocycles. The molecule has 0 saturated heterocycles. The van der Waals surface area contributed by atoms with E-state index >= 15 is 0 Å². The Morgan fingerprint density at radius 2 is 2.21 bits per heavy atom. The molecular weight excluding hydrogens is 382 g/mol. The van der Waals surface area contributed by atoms with Crippen LogP contribution in [0.4, 0.5) is 0 Å². The van der Waals surface area contributed by atoms with E-state index in [-0.39, 0.29) is 18.0 Å². The summed E-state index contributed by atoms with van der Waals surface area (Å²) in [4.78, 5) is 26.6. The Hall–Kier alpha value is -3.32. The van der Waals surface area contributed by atoms with Gasteiger partial charge >= 0.3 is 5.97 Å². The molecule has 0 spiro atoms. The highest BCUT2D eigenvalue weighted by molar-refractivity contribution is 6.32. The number of nitrogens with zero attached hydrogens (tertiary/aromatic N) is 3. The third-order valence-corrected chi connectivity index (χ3v) is 5.11. The van der Waals surface area contributed by atoms with Crippen molar-refractivity contribution in [3.05, 3.63) is 70.2 Å². The molecule has 0 unspecified atom stereocenters. The molecular formula is C20H14ClN3O4. The van der Waals surface area contributed by atoms with Crippen LogP contribution in [-0.2, 0) is 17.8 Å². The van der Waals surface area contributed by atoms with Crippen LogP contribution in [0.2, 0.25) is 5.02 Å². The maximum atomic E-state index is 12.9. The number of hydrogen-bond donors (Lipinski definition) is 0. The third kappa shape index (κ3) is 2.47. The van der Waals surface area contributed by atoms with E-state index in [2.05, 4.69) is 5.10 Å². The Bertz CT molecular complexity index is 1270. The van der Waals surface area contributed by atoms with Crippen molar-refractivity contribution < 1.29 is 18.7 Å². The van der Waals surface area contributed by atoms with E-state index in [1.807, 2.05) is 18.3 Å². The molecule has 4 heterocycles. The van der Waals surface area contributed by atoms with Gasteiger partial charge in [0.15, 0.2) is 0 Å². The van der Waals surface area contributed by atoms with Gasteiger partial charge in [-0.1, -0.05) is 17.7 Å². The molecule has 0 atom stereocenters. The molecule has 0 bridgehead atoms. The molecule has 0 radical (unpaired) electrons. The summed E-state index contributed by atoms with van der Waals surface area (Å²) in [7, 11) is 1.30. The molecule has 28 heavy (non-hydrogen) atoms. The molecule has 1 aromatic carbocycles. The van der Waals surface area contributed by atoms with E-state index in [0.717, 1.165) is 11.1 Å². The Labute approximate surface area is 164 Å². The monoisotopic (exact) mass is 395 g/mol.